The van der Waals surface area contributed by atoms with E-state index in [4.69, 9.17) is 0 Å². The van der Waals surface area contributed by atoms with E-state index in [1.807, 2.05) is 60.7 Å². The Morgan fingerprint density at radius 2 is 1.38 bits per heavy atom. The fourth-order valence-electron chi connectivity index (χ4n) is 2.45. The maximum absolute atomic E-state index is 12.3. The Kier molecular flexibility index (Phi) is 3.69. The van der Waals surface area contributed by atoms with Crippen LogP contribution in [0.2, 0.25) is 0 Å². The minimum atomic E-state index is -0.0447. The third-order valence-electron chi connectivity index (χ3n) is 3.56. The molecule has 2 aromatic rings. The summed E-state index contributed by atoms with van der Waals surface area (Å²) >= 11 is 0. The largest absolute Gasteiger partial charge is 0.327 e. The molecule has 0 radical (unpaired) electrons. The summed E-state index contributed by atoms with van der Waals surface area (Å²) in [5.41, 5.74) is 1.81. The minimum absolute atomic E-state index is 0.0256. The van der Waals surface area contributed by atoms with Gasteiger partial charge in [-0.05, 0) is 17.7 Å². The highest BCUT2D eigenvalue weighted by Crippen LogP contribution is 2.18. The fourth-order valence-corrected chi connectivity index (χ4v) is 2.45. The van der Waals surface area contributed by atoms with Crippen molar-refractivity contribution in [3.8, 4) is 0 Å². The van der Waals surface area contributed by atoms with E-state index in [1.54, 1.807) is 9.80 Å². The molecule has 1 saturated heterocycles. The molecule has 0 bridgehead atoms. The number of hydrogen-bond donors (Lipinski definition) is 0. The van der Waals surface area contributed by atoms with Crippen LogP contribution in [0.5, 0.6) is 0 Å². The van der Waals surface area contributed by atoms with Gasteiger partial charge in [0.05, 0.1) is 0 Å². The van der Waals surface area contributed by atoms with Gasteiger partial charge in [0.2, 0.25) is 11.8 Å². The predicted octanol–water partition coefficient (Wildman–Crippen LogP) is 2.06. The Bertz CT molecular complexity index is 640. The number of benzene rings is 2. The molecule has 3 rings (SSSR count). The van der Waals surface area contributed by atoms with E-state index in [0.29, 0.717) is 6.54 Å². The lowest BCUT2D eigenvalue weighted by Crippen LogP contribution is -2.53. The lowest BCUT2D eigenvalue weighted by Gasteiger charge is -2.34. The van der Waals surface area contributed by atoms with E-state index in [-0.39, 0.29) is 24.9 Å². The number of nitrogens with zero attached hydrogens (tertiary/aromatic N) is 2. The molecule has 0 aliphatic carbocycles. The smallest absolute Gasteiger partial charge is 0.247 e. The number of carbonyl (C=O) groups excluding carboxylic acids is 2. The molecular formula is C17H16N2O2. The van der Waals surface area contributed by atoms with Crippen molar-refractivity contribution in [2.75, 3.05) is 18.0 Å². The molecule has 2 aromatic carbocycles. The van der Waals surface area contributed by atoms with E-state index in [2.05, 4.69) is 0 Å². The third kappa shape index (κ3) is 2.94. The summed E-state index contributed by atoms with van der Waals surface area (Å²) in [5, 5.41) is 0. The molecule has 0 N–H and O–H groups in total. The van der Waals surface area contributed by atoms with Gasteiger partial charge in [-0.15, -0.1) is 0 Å². The summed E-state index contributed by atoms with van der Waals surface area (Å²) in [6.07, 6.45) is 0. The van der Waals surface area contributed by atoms with Crippen LogP contribution in [0.4, 0.5) is 5.69 Å². The zero-order valence-electron chi connectivity index (χ0n) is 11.6. The summed E-state index contributed by atoms with van der Waals surface area (Å²) in [6, 6.07) is 19.0. The van der Waals surface area contributed by atoms with Gasteiger partial charge in [-0.1, -0.05) is 48.5 Å². The average Bonchev–Trinajstić information content (AvgIpc) is 2.52. The Labute approximate surface area is 123 Å². The first-order valence-corrected chi connectivity index (χ1v) is 6.91. The molecule has 0 spiro atoms. The first-order chi connectivity index (χ1) is 10.2. The molecule has 2 amide bonds. The van der Waals surface area contributed by atoms with E-state index in [0.717, 1.165) is 11.3 Å². The summed E-state index contributed by atoms with van der Waals surface area (Å²) in [4.78, 5) is 27.7. The Balaban J connectivity index is 1.73. The summed E-state index contributed by atoms with van der Waals surface area (Å²) in [6.45, 7) is 0.715. The van der Waals surface area contributed by atoms with Crippen LogP contribution >= 0.6 is 0 Å². The number of rotatable bonds is 3. The lowest BCUT2D eigenvalue weighted by atomic mass is 10.2. The molecule has 4 heteroatoms. The van der Waals surface area contributed by atoms with Crippen molar-refractivity contribution in [3.05, 3.63) is 66.2 Å². The van der Waals surface area contributed by atoms with Crippen molar-refractivity contribution < 1.29 is 9.59 Å². The van der Waals surface area contributed by atoms with Crippen LogP contribution in [0, 0.1) is 0 Å². The zero-order valence-corrected chi connectivity index (χ0v) is 11.6. The second-order valence-corrected chi connectivity index (χ2v) is 5.05. The van der Waals surface area contributed by atoms with Crippen LogP contribution in [0.3, 0.4) is 0 Å². The quantitative estimate of drug-likeness (QED) is 0.863. The highest BCUT2D eigenvalue weighted by atomic mass is 16.2. The van der Waals surface area contributed by atoms with E-state index < -0.39 is 0 Å². The van der Waals surface area contributed by atoms with Crippen LogP contribution in [-0.4, -0.2) is 29.8 Å². The van der Waals surface area contributed by atoms with E-state index in [1.165, 1.54) is 0 Å². The molecule has 0 saturated carbocycles. The van der Waals surface area contributed by atoms with Crippen molar-refractivity contribution in [3.63, 3.8) is 0 Å². The molecule has 0 atom stereocenters. The number of hydrogen-bond acceptors (Lipinski definition) is 2. The Morgan fingerprint density at radius 1 is 0.762 bits per heavy atom. The van der Waals surface area contributed by atoms with Gasteiger partial charge in [-0.2, -0.15) is 0 Å². The monoisotopic (exact) mass is 280 g/mol. The Morgan fingerprint density at radius 3 is 2.05 bits per heavy atom. The zero-order chi connectivity index (χ0) is 14.7. The highest BCUT2D eigenvalue weighted by Gasteiger charge is 2.30. The molecule has 1 aliphatic heterocycles. The van der Waals surface area contributed by atoms with Crippen LogP contribution in [0.15, 0.2) is 60.7 Å². The van der Waals surface area contributed by atoms with Gasteiger partial charge >= 0.3 is 0 Å². The lowest BCUT2D eigenvalue weighted by molar-refractivity contribution is -0.138. The number of carbonyl (C=O) groups is 2. The fraction of sp³-hybridized carbons (Fsp3) is 0.176. The molecule has 0 unspecified atom stereocenters. The molecule has 1 aliphatic rings. The first-order valence-electron chi connectivity index (χ1n) is 6.91. The first kappa shape index (κ1) is 13.4. The van der Waals surface area contributed by atoms with Crippen LogP contribution < -0.4 is 4.90 Å². The van der Waals surface area contributed by atoms with E-state index >= 15 is 0 Å². The molecule has 4 nitrogen and oxygen atoms in total. The molecule has 106 valence electrons. The van der Waals surface area contributed by atoms with Gasteiger partial charge in [0.15, 0.2) is 0 Å². The average molecular weight is 280 g/mol. The molecule has 0 aromatic heterocycles. The van der Waals surface area contributed by atoms with Gasteiger partial charge in [0, 0.05) is 12.2 Å². The maximum Gasteiger partial charge on any atom is 0.247 e. The molecule has 21 heavy (non-hydrogen) atoms. The van der Waals surface area contributed by atoms with Gasteiger partial charge in [-0.25, -0.2) is 0 Å². The van der Waals surface area contributed by atoms with Crippen molar-refractivity contribution in [1.29, 1.82) is 0 Å². The van der Waals surface area contributed by atoms with Crippen molar-refractivity contribution >= 4 is 17.5 Å². The molecular weight excluding hydrogens is 264 g/mol. The molecule has 1 heterocycles. The highest BCUT2D eigenvalue weighted by molar-refractivity contribution is 6.04. The number of amides is 2. The minimum Gasteiger partial charge on any atom is -0.327 e. The number of anilines is 1. The topological polar surface area (TPSA) is 40.6 Å². The number of para-hydroxylation sites is 1. The van der Waals surface area contributed by atoms with Crippen LogP contribution in [-0.2, 0) is 16.1 Å². The van der Waals surface area contributed by atoms with E-state index in [9.17, 15) is 9.59 Å². The van der Waals surface area contributed by atoms with Gasteiger partial charge < -0.3 is 9.80 Å². The maximum atomic E-state index is 12.3. The normalized spacial score (nSPS) is 15.4. The number of piperazine rings is 1. The summed E-state index contributed by atoms with van der Waals surface area (Å²) in [7, 11) is 0. The summed E-state index contributed by atoms with van der Waals surface area (Å²) in [5.74, 6) is -0.0703. The SMILES string of the molecule is O=C1CN(c2ccccc2)C(=O)CN1Cc1ccccc1. The summed E-state index contributed by atoms with van der Waals surface area (Å²) < 4.78 is 0. The second kappa shape index (κ2) is 5.79. The second-order valence-electron chi connectivity index (χ2n) is 5.05. The van der Waals surface area contributed by atoms with Gasteiger partial charge in [-0.3, -0.25) is 9.59 Å². The molecule has 1 fully saturated rings. The van der Waals surface area contributed by atoms with Crippen molar-refractivity contribution in [2.24, 2.45) is 0 Å². The van der Waals surface area contributed by atoms with Crippen molar-refractivity contribution in [1.82, 2.24) is 4.90 Å². The third-order valence-corrected chi connectivity index (χ3v) is 3.56. The van der Waals surface area contributed by atoms with Crippen LogP contribution in [0.25, 0.3) is 0 Å². The predicted molar refractivity (Wildman–Crippen MR) is 80.7 cm³/mol. The standard InChI is InChI=1S/C17H16N2O2/c20-16-13-19(15-9-5-2-6-10-15)17(21)12-18(16)11-14-7-3-1-4-8-14/h1-10H,11-13H2. The Hall–Kier alpha value is -2.62. The van der Waals surface area contributed by atoms with Gasteiger partial charge in [0.25, 0.3) is 0 Å². The van der Waals surface area contributed by atoms with Gasteiger partial charge in [0.1, 0.15) is 13.1 Å². The van der Waals surface area contributed by atoms with Crippen molar-refractivity contribution in [2.45, 2.75) is 6.54 Å². The van der Waals surface area contributed by atoms with Crippen LogP contribution in [0.1, 0.15) is 5.56 Å².